The van der Waals surface area contributed by atoms with Crippen LogP contribution in [0.25, 0.3) is 0 Å². The van der Waals surface area contributed by atoms with Crippen molar-refractivity contribution in [1.82, 2.24) is 5.32 Å². The number of carbonyl (C=O) groups is 2. The topological polar surface area (TPSA) is 86.6 Å². The molecule has 1 aromatic rings. The molecule has 0 aliphatic heterocycles. The van der Waals surface area contributed by atoms with Crippen molar-refractivity contribution in [3.05, 3.63) is 35.4 Å². The third-order valence-corrected chi connectivity index (χ3v) is 3.79. The lowest BCUT2D eigenvalue weighted by molar-refractivity contribution is -0.141. The highest BCUT2D eigenvalue weighted by molar-refractivity contribution is 5.80. The molecule has 2 atom stereocenters. The fourth-order valence-corrected chi connectivity index (χ4v) is 2.62. The Morgan fingerprint density at radius 2 is 1.90 bits per heavy atom. The standard InChI is InChI=1S/C15H19NO4/c17-9-11-3-1-2-10(6-11)8-16-14(18)12-4-5-13(7-12)15(19)20/h1-3,6,12-13,17H,4-5,7-9H2,(H,16,18)(H,19,20). The lowest BCUT2D eigenvalue weighted by atomic mass is 10.0. The minimum absolute atomic E-state index is 0.0231. The number of carboxylic acid groups (broad SMARTS) is 1. The van der Waals surface area contributed by atoms with E-state index in [9.17, 15) is 9.59 Å². The van der Waals surface area contributed by atoms with Crippen LogP contribution in [-0.4, -0.2) is 22.1 Å². The zero-order chi connectivity index (χ0) is 14.5. The summed E-state index contributed by atoms with van der Waals surface area (Å²) in [6.45, 7) is 0.381. The molecule has 1 saturated carbocycles. The van der Waals surface area contributed by atoms with Crippen molar-refractivity contribution in [1.29, 1.82) is 0 Å². The molecule has 3 N–H and O–H groups in total. The van der Waals surface area contributed by atoms with E-state index >= 15 is 0 Å². The van der Waals surface area contributed by atoms with Crippen LogP contribution in [0.3, 0.4) is 0 Å². The summed E-state index contributed by atoms with van der Waals surface area (Å²) in [7, 11) is 0. The van der Waals surface area contributed by atoms with Gasteiger partial charge in [0.2, 0.25) is 5.91 Å². The van der Waals surface area contributed by atoms with Crippen LogP contribution in [0, 0.1) is 11.8 Å². The van der Waals surface area contributed by atoms with Gasteiger partial charge in [0.15, 0.2) is 0 Å². The van der Waals surface area contributed by atoms with Crippen molar-refractivity contribution in [3.8, 4) is 0 Å². The maximum absolute atomic E-state index is 12.0. The molecule has 0 radical (unpaired) electrons. The van der Waals surface area contributed by atoms with Crippen LogP contribution in [0.4, 0.5) is 0 Å². The number of hydrogen-bond acceptors (Lipinski definition) is 3. The molecule has 0 spiro atoms. The molecule has 2 unspecified atom stereocenters. The first-order valence-electron chi connectivity index (χ1n) is 6.79. The van der Waals surface area contributed by atoms with E-state index in [4.69, 9.17) is 10.2 Å². The van der Waals surface area contributed by atoms with Gasteiger partial charge in [0.05, 0.1) is 12.5 Å². The summed E-state index contributed by atoms with van der Waals surface area (Å²) in [4.78, 5) is 22.9. The van der Waals surface area contributed by atoms with Crippen LogP contribution in [0.2, 0.25) is 0 Å². The van der Waals surface area contributed by atoms with Gasteiger partial charge < -0.3 is 15.5 Å². The molecule has 1 fully saturated rings. The summed E-state index contributed by atoms with van der Waals surface area (Å²) in [5.41, 5.74) is 1.74. The number of nitrogens with one attached hydrogen (secondary N) is 1. The van der Waals surface area contributed by atoms with Gasteiger partial charge in [0.25, 0.3) is 0 Å². The highest BCUT2D eigenvalue weighted by atomic mass is 16.4. The number of aliphatic hydroxyl groups excluding tert-OH is 1. The second kappa shape index (κ2) is 6.52. The number of amides is 1. The summed E-state index contributed by atoms with van der Waals surface area (Å²) in [6.07, 6.45) is 1.64. The average Bonchev–Trinajstić information content (AvgIpc) is 2.95. The van der Waals surface area contributed by atoms with Gasteiger partial charge in [-0.15, -0.1) is 0 Å². The van der Waals surface area contributed by atoms with Gasteiger partial charge in [-0.1, -0.05) is 24.3 Å². The lowest BCUT2D eigenvalue weighted by Crippen LogP contribution is -2.29. The fourth-order valence-electron chi connectivity index (χ4n) is 2.62. The van der Waals surface area contributed by atoms with Crippen molar-refractivity contribution >= 4 is 11.9 Å². The van der Waals surface area contributed by atoms with Crippen LogP contribution in [-0.2, 0) is 22.7 Å². The zero-order valence-electron chi connectivity index (χ0n) is 11.2. The van der Waals surface area contributed by atoms with E-state index in [2.05, 4.69) is 5.32 Å². The Morgan fingerprint density at radius 3 is 2.55 bits per heavy atom. The first-order valence-corrected chi connectivity index (χ1v) is 6.79. The molecule has 1 aliphatic carbocycles. The third kappa shape index (κ3) is 3.57. The maximum Gasteiger partial charge on any atom is 0.306 e. The smallest absolute Gasteiger partial charge is 0.306 e. The quantitative estimate of drug-likeness (QED) is 0.757. The molecule has 108 valence electrons. The van der Waals surface area contributed by atoms with E-state index in [0.717, 1.165) is 11.1 Å². The summed E-state index contributed by atoms with van der Waals surface area (Å²) in [5.74, 6) is -1.47. The minimum Gasteiger partial charge on any atom is -0.481 e. The number of carboxylic acids is 1. The fraction of sp³-hybridized carbons (Fsp3) is 0.467. The Bertz CT molecular complexity index is 500. The molecule has 0 aromatic heterocycles. The van der Waals surface area contributed by atoms with Crippen molar-refractivity contribution in [2.24, 2.45) is 11.8 Å². The molecule has 1 amide bonds. The first-order chi connectivity index (χ1) is 9.60. The van der Waals surface area contributed by atoms with Crippen LogP contribution >= 0.6 is 0 Å². The highest BCUT2D eigenvalue weighted by Gasteiger charge is 2.33. The van der Waals surface area contributed by atoms with Gasteiger partial charge in [-0.3, -0.25) is 9.59 Å². The SMILES string of the molecule is O=C(O)C1CCC(C(=O)NCc2cccc(CO)c2)C1. The van der Waals surface area contributed by atoms with E-state index in [1.807, 2.05) is 24.3 Å². The molecule has 5 nitrogen and oxygen atoms in total. The van der Waals surface area contributed by atoms with Gasteiger partial charge in [-0.2, -0.15) is 0 Å². The van der Waals surface area contributed by atoms with Crippen molar-refractivity contribution in [3.63, 3.8) is 0 Å². The number of aliphatic hydroxyl groups is 1. The van der Waals surface area contributed by atoms with E-state index < -0.39 is 5.97 Å². The summed E-state index contributed by atoms with van der Waals surface area (Å²) in [6, 6.07) is 7.38. The monoisotopic (exact) mass is 277 g/mol. The van der Waals surface area contributed by atoms with E-state index in [1.165, 1.54) is 0 Å². The predicted molar refractivity (Wildman–Crippen MR) is 72.7 cm³/mol. The van der Waals surface area contributed by atoms with Crippen LogP contribution in [0.15, 0.2) is 24.3 Å². The molecular formula is C15H19NO4. The number of aliphatic carboxylic acids is 1. The summed E-state index contributed by atoms with van der Waals surface area (Å²) < 4.78 is 0. The molecule has 0 bridgehead atoms. The number of carbonyl (C=O) groups excluding carboxylic acids is 1. The molecule has 2 rings (SSSR count). The second-order valence-electron chi connectivity index (χ2n) is 5.24. The first kappa shape index (κ1) is 14.5. The summed E-state index contributed by atoms with van der Waals surface area (Å²) in [5, 5.41) is 20.8. The molecule has 0 saturated heterocycles. The minimum atomic E-state index is -0.809. The van der Waals surface area contributed by atoms with Gasteiger partial charge in [-0.25, -0.2) is 0 Å². The number of hydrogen-bond donors (Lipinski definition) is 3. The van der Waals surface area contributed by atoms with Crippen molar-refractivity contribution in [2.45, 2.75) is 32.4 Å². The highest BCUT2D eigenvalue weighted by Crippen LogP contribution is 2.31. The Balaban J connectivity index is 1.85. The van der Waals surface area contributed by atoms with Crippen LogP contribution in [0.1, 0.15) is 30.4 Å². The largest absolute Gasteiger partial charge is 0.481 e. The predicted octanol–water partition coefficient (Wildman–Crippen LogP) is 1.30. The van der Waals surface area contributed by atoms with Gasteiger partial charge >= 0.3 is 5.97 Å². The number of benzene rings is 1. The van der Waals surface area contributed by atoms with E-state index in [0.29, 0.717) is 25.8 Å². The van der Waals surface area contributed by atoms with Crippen molar-refractivity contribution < 1.29 is 19.8 Å². The average molecular weight is 277 g/mol. The van der Waals surface area contributed by atoms with Crippen LogP contribution < -0.4 is 5.32 Å². The van der Waals surface area contributed by atoms with Gasteiger partial charge in [0.1, 0.15) is 0 Å². The van der Waals surface area contributed by atoms with Gasteiger partial charge in [-0.05, 0) is 30.4 Å². The van der Waals surface area contributed by atoms with E-state index in [-0.39, 0.29) is 24.3 Å². The van der Waals surface area contributed by atoms with Crippen molar-refractivity contribution in [2.75, 3.05) is 0 Å². The Labute approximate surface area is 117 Å². The molecule has 0 heterocycles. The normalized spacial score (nSPS) is 21.6. The molecule has 5 heteroatoms. The van der Waals surface area contributed by atoms with E-state index in [1.54, 1.807) is 0 Å². The Morgan fingerprint density at radius 1 is 1.20 bits per heavy atom. The molecular weight excluding hydrogens is 258 g/mol. The molecule has 1 aliphatic rings. The van der Waals surface area contributed by atoms with Crippen LogP contribution in [0.5, 0.6) is 0 Å². The molecule has 1 aromatic carbocycles. The Hall–Kier alpha value is -1.88. The van der Waals surface area contributed by atoms with Gasteiger partial charge in [0, 0.05) is 12.5 Å². The maximum atomic E-state index is 12.0. The zero-order valence-corrected chi connectivity index (χ0v) is 11.2. The number of rotatable bonds is 5. The lowest BCUT2D eigenvalue weighted by Gasteiger charge is -2.11. The third-order valence-electron chi connectivity index (χ3n) is 3.79. The Kier molecular flexibility index (Phi) is 4.74. The second-order valence-corrected chi connectivity index (χ2v) is 5.24. The summed E-state index contributed by atoms with van der Waals surface area (Å²) >= 11 is 0. The molecule has 20 heavy (non-hydrogen) atoms.